The van der Waals surface area contributed by atoms with Crippen molar-refractivity contribution in [3.63, 3.8) is 0 Å². The predicted octanol–water partition coefficient (Wildman–Crippen LogP) is 12.3. The monoisotopic (exact) mass is 636 g/mol. The van der Waals surface area contributed by atoms with E-state index >= 15 is 0 Å². The van der Waals surface area contributed by atoms with Crippen molar-refractivity contribution in [1.29, 1.82) is 0 Å². The van der Waals surface area contributed by atoms with Gasteiger partial charge in [-0.1, -0.05) is 164 Å². The summed E-state index contributed by atoms with van der Waals surface area (Å²) in [5.74, 6) is 0. The molecule has 0 amide bonds. The Kier molecular flexibility index (Phi) is 5.72. The van der Waals surface area contributed by atoms with Crippen molar-refractivity contribution >= 4 is 10.8 Å². The quantitative estimate of drug-likeness (QED) is 0.168. The summed E-state index contributed by atoms with van der Waals surface area (Å²) in [5, 5.41) is 2.56. The van der Waals surface area contributed by atoms with Crippen LogP contribution < -0.4 is 0 Å². The lowest BCUT2D eigenvalue weighted by Gasteiger charge is -2.50. The maximum atomic E-state index is 4.73. The minimum absolute atomic E-state index is 0.463. The van der Waals surface area contributed by atoms with Crippen LogP contribution in [0.4, 0.5) is 0 Å². The van der Waals surface area contributed by atoms with Crippen LogP contribution in [0.1, 0.15) is 59.1 Å². The Labute approximate surface area is 294 Å². The summed E-state index contributed by atoms with van der Waals surface area (Å²) in [6, 6.07) is 50.9. The lowest BCUT2D eigenvalue weighted by atomic mass is 9.50. The van der Waals surface area contributed by atoms with Gasteiger partial charge in [0.25, 0.3) is 0 Å². The summed E-state index contributed by atoms with van der Waals surface area (Å²) in [7, 11) is 0. The molecule has 236 valence electrons. The minimum Gasteiger partial charge on any atom is -0.0949 e. The molecular weight excluding hydrogens is 601 g/mol. The number of allylic oxidation sites excluding steroid dienone is 9. The van der Waals surface area contributed by atoms with E-state index in [4.69, 9.17) is 6.58 Å². The van der Waals surface area contributed by atoms with E-state index in [1.54, 1.807) is 0 Å². The van der Waals surface area contributed by atoms with Gasteiger partial charge in [0.15, 0.2) is 0 Å². The third-order valence-corrected chi connectivity index (χ3v) is 12.4. The van der Waals surface area contributed by atoms with Crippen LogP contribution in [0.2, 0.25) is 0 Å². The van der Waals surface area contributed by atoms with E-state index in [1.165, 1.54) is 94.3 Å². The number of rotatable bonds is 1. The highest BCUT2D eigenvalue weighted by Crippen LogP contribution is 2.69. The van der Waals surface area contributed by atoms with Crippen LogP contribution in [0.3, 0.4) is 0 Å². The molecule has 2 spiro atoms. The van der Waals surface area contributed by atoms with E-state index in [2.05, 4.69) is 158 Å². The Bertz CT molecular complexity index is 2560. The molecule has 0 N–H and O–H groups in total. The second-order valence-corrected chi connectivity index (χ2v) is 14.6. The lowest BCUT2D eigenvalue weighted by molar-refractivity contribution is 0.627. The molecule has 0 aliphatic heterocycles. The molecule has 0 nitrogen and oxygen atoms in total. The molecule has 1 atom stereocenters. The van der Waals surface area contributed by atoms with Crippen molar-refractivity contribution in [2.45, 2.75) is 36.5 Å². The van der Waals surface area contributed by atoms with E-state index in [1.807, 2.05) is 0 Å². The predicted molar refractivity (Wildman–Crippen MR) is 207 cm³/mol. The topological polar surface area (TPSA) is 0 Å². The number of benzene rings is 6. The average molecular weight is 637 g/mol. The van der Waals surface area contributed by atoms with Gasteiger partial charge in [-0.25, -0.2) is 0 Å². The van der Waals surface area contributed by atoms with Gasteiger partial charge in [-0.2, -0.15) is 0 Å². The molecule has 0 heteroatoms. The maximum Gasteiger partial charge on any atom is 0.0725 e. The van der Waals surface area contributed by atoms with Gasteiger partial charge < -0.3 is 0 Å². The first kappa shape index (κ1) is 28.2. The van der Waals surface area contributed by atoms with Crippen LogP contribution in [0, 0.1) is 0 Å². The van der Waals surface area contributed by atoms with Crippen molar-refractivity contribution in [2.24, 2.45) is 0 Å². The van der Waals surface area contributed by atoms with Crippen molar-refractivity contribution in [3.8, 4) is 22.3 Å². The summed E-state index contributed by atoms with van der Waals surface area (Å²) >= 11 is 0. The molecule has 11 rings (SSSR count). The first-order valence-corrected chi connectivity index (χ1v) is 18.2. The molecular formula is C50H36. The standard InChI is InChI=1S/C50H36/c1-32-16-13-30-45-47(32)39-22-3-2-4-25-42(39)49(45)43-28-11-12-29-44(43)50(40-26-9-7-20-36(40)37-21-8-10-27-41(37)50)48-38(24-15-31-46(48)49)35-23-14-18-33-17-5-6-19-34(33)35/h4-15,17-21,23-31H,1-3,16,22H2. The Hall–Kier alpha value is -5.72. The summed E-state index contributed by atoms with van der Waals surface area (Å²) in [5.41, 5.74) is 19.7. The summed E-state index contributed by atoms with van der Waals surface area (Å²) in [6.07, 6.45) is 14.0. The fraction of sp³-hybridized carbons (Fsp3) is 0.120. The number of hydrogen-bond acceptors (Lipinski definition) is 0. The van der Waals surface area contributed by atoms with Crippen LogP contribution in [-0.4, -0.2) is 0 Å². The van der Waals surface area contributed by atoms with Gasteiger partial charge in [-0.05, 0) is 120 Å². The van der Waals surface area contributed by atoms with E-state index in [9.17, 15) is 0 Å². The highest BCUT2D eigenvalue weighted by Gasteiger charge is 2.60. The largest absolute Gasteiger partial charge is 0.0949 e. The second kappa shape index (κ2) is 10.2. The van der Waals surface area contributed by atoms with Crippen molar-refractivity contribution < 1.29 is 0 Å². The third kappa shape index (κ3) is 3.28. The number of hydrogen-bond donors (Lipinski definition) is 0. The molecule has 0 saturated heterocycles. The Morgan fingerprint density at radius 1 is 0.480 bits per heavy atom. The van der Waals surface area contributed by atoms with Crippen molar-refractivity contribution in [3.05, 3.63) is 226 Å². The molecule has 6 aromatic rings. The molecule has 1 unspecified atom stereocenters. The van der Waals surface area contributed by atoms with Crippen molar-refractivity contribution in [1.82, 2.24) is 0 Å². The van der Waals surface area contributed by atoms with Gasteiger partial charge in [0.05, 0.1) is 10.8 Å². The highest BCUT2D eigenvalue weighted by molar-refractivity contribution is 6.01. The van der Waals surface area contributed by atoms with Gasteiger partial charge in [0, 0.05) is 0 Å². The van der Waals surface area contributed by atoms with Crippen LogP contribution in [0.5, 0.6) is 0 Å². The molecule has 0 radical (unpaired) electrons. The first-order chi connectivity index (χ1) is 24.8. The van der Waals surface area contributed by atoms with Crippen LogP contribution >= 0.6 is 0 Å². The maximum absolute atomic E-state index is 4.73. The van der Waals surface area contributed by atoms with Gasteiger partial charge >= 0.3 is 0 Å². The molecule has 0 aromatic heterocycles. The SMILES string of the molecule is C=C1CC=CC2=C1C1=C(C=CCCC1)C21c2ccccc2C2(c3ccccc3-c3ccccc32)c2c(-c3cccc4ccccc34)cccc21. The van der Waals surface area contributed by atoms with E-state index in [-0.39, 0.29) is 0 Å². The lowest BCUT2D eigenvalue weighted by Crippen LogP contribution is -2.45. The van der Waals surface area contributed by atoms with Crippen molar-refractivity contribution in [2.75, 3.05) is 0 Å². The summed E-state index contributed by atoms with van der Waals surface area (Å²) in [6.45, 7) is 4.73. The fourth-order valence-corrected chi connectivity index (χ4v) is 10.7. The second-order valence-electron chi connectivity index (χ2n) is 14.6. The molecule has 5 aliphatic carbocycles. The smallest absolute Gasteiger partial charge is 0.0725 e. The van der Waals surface area contributed by atoms with Gasteiger partial charge in [-0.15, -0.1) is 0 Å². The zero-order valence-electron chi connectivity index (χ0n) is 28.0. The van der Waals surface area contributed by atoms with E-state index < -0.39 is 10.8 Å². The third-order valence-electron chi connectivity index (χ3n) is 12.4. The minimum atomic E-state index is -0.508. The highest BCUT2D eigenvalue weighted by atomic mass is 14.6. The molecule has 0 saturated carbocycles. The zero-order valence-corrected chi connectivity index (χ0v) is 28.0. The first-order valence-electron chi connectivity index (χ1n) is 18.2. The van der Waals surface area contributed by atoms with Crippen LogP contribution in [0.25, 0.3) is 33.0 Å². The van der Waals surface area contributed by atoms with E-state index in [0.717, 1.165) is 25.7 Å². The molecule has 6 aromatic carbocycles. The van der Waals surface area contributed by atoms with Gasteiger partial charge in [-0.3, -0.25) is 0 Å². The Balaban J connectivity index is 1.40. The van der Waals surface area contributed by atoms with E-state index in [0.29, 0.717) is 0 Å². The Morgan fingerprint density at radius 2 is 1.06 bits per heavy atom. The zero-order chi connectivity index (χ0) is 33.0. The van der Waals surface area contributed by atoms with Crippen LogP contribution in [-0.2, 0) is 10.8 Å². The fourth-order valence-electron chi connectivity index (χ4n) is 10.7. The summed E-state index contributed by atoms with van der Waals surface area (Å²) < 4.78 is 0. The van der Waals surface area contributed by atoms with Crippen LogP contribution in [0.15, 0.2) is 192 Å². The Morgan fingerprint density at radius 3 is 1.86 bits per heavy atom. The molecule has 50 heavy (non-hydrogen) atoms. The summed E-state index contributed by atoms with van der Waals surface area (Å²) in [4.78, 5) is 0. The average Bonchev–Trinajstić information content (AvgIpc) is 3.47. The molecule has 0 fully saturated rings. The normalized spacial score (nSPS) is 20.4. The molecule has 5 aliphatic rings. The molecule has 0 heterocycles. The van der Waals surface area contributed by atoms with Gasteiger partial charge in [0.1, 0.15) is 0 Å². The molecule has 0 bridgehead atoms. The van der Waals surface area contributed by atoms with Gasteiger partial charge in [0.2, 0.25) is 0 Å². The number of fused-ring (bicyclic) bond motifs is 15.